The number of nitrogens with zero attached hydrogens (tertiary/aromatic N) is 2. The van der Waals surface area contributed by atoms with Crippen molar-refractivity contribution in [2.24, 2.45) is 0 Å². The second kappa shape index (κ2) is 5.91. The summed E-state index contributed by atoms with van der Waals surface area (Å²) in [5.41, 5.74) is 1.48. The molecule has 1 aromatic carbocycles. The van der Waals surface area contributed by atoms with Crippen molar-refractivity contribution in [1.82, 2.24) is 10.1 Å². The van der Waals surface area contributed by atoms with Crippen LogP contribution >= 0.6 is 0 Å². The normalized spacial score (nSPS) is 18.1. The molecule has 23 heavy (non-hydrogen) atoms. The maximum absolute atomic E-state index is 11.7. The lowest BCUT2D eigenvalue weighted by atomic mass is 10.2. The first-order chi connectivity index (χ1) is 10.9. The molecule has 1 aromatic heterocycles. The first-order valence-electron chi connectivity index (χ1n) is 7.65. The van der Waals surface area contributed by atoms with Crippen LogP contribution in [0, 0.1) is 0 Å². The number of rotatable bonds is 4. The fourth-order valence-electron chi connectivity index (χ4n) is 2.27. The van der Waals surface area contributed by atoms with Crippen molar-refractivity contribution in [3.05, 3.63) is 29.9 Å². The number of hydrogen-bond donors (Lipinski definition) is 2. The number of fused-ring (bicyclic) bond motifs is 1. The lowest BCUT2D eigenvalue weighted by Gasteiger charge is -2.24. The average Bonchev–Trinajstić information content (AvgIpc) is 2.99. The molecule has 2 atom stereocenters. The molecule has 1 amide bonds. The quantitative estimate of drug-likeness (QED) is 0.901. The minimum atomic E-state index is -0.479. The highest BCUT2D eigenvalue weighted by atomic mass is 16.5. The predicted molar refractivity (Wildman–Crippen MR) is 85.6 cm³/mol. The summed E-state index contributed by atoms with van der Waals surface area (Å²) in [5.74, 6) is 1.95. The second-order valence-corrected chi connectivity index (χ2v) is 5.97. The van der Waals surface area contributed by atoms with E-state index < -0.39 is 6.10 Å². The van der Waals surface area contributed by atoms with Gasteiger partial charge in [0.1, 0.15) is 11.8 Å². The van der Waals surface area contributed by atoms with Gasteiger partial charge in [-0.1, -0.05) is 19.0 Å². The van der Waals surface area contributed by atoms with Crippen molar-refractivity contribution in [2.45, 2.75) is 45.8 Å². The zero-order valence-electron chi connectivity index (χ0n) is 13.6. The maximum atomic E-state index is 11.7. The van der Waals surface area contributed by atoms with E-state index in [2.05, 4.69) is 20.8 Å². The average molecular weight is 316 g/mol. The van der Waals surface area contributed by atoms with Gasteiger partial charge in [0.15, 0.2) is 11.9 Å². The monoisotopic (exact) mass is 316 g/mol. The second-order valence-electron chi connectivity index (χ2n) is 5.97. The third kappa shape index (κ3) is 3.13. The number of carbonyl (C=O) groups excluding carboxylic acids is 1. The predicted octanol–water partition coefficient (Wildman–Crippen LogP) is 3.09. The van der Waals surface area contributed by atoms with Crippen LogP contribution in [0.3, 0.4) is 0 Å². The summed E-state index contributed by atoms with van der Waals surface area (Å²) in [6.07, 6.45) is -0.479. The van der Waals surface area contributed by atoms with E-state index in [0.717, 1.165) is 5.69 Å². The van der Waals surface area contributed by atoms with Gasteiger partial charge in [-0.05, 0) is 32.0 Å². The van der Waals surface area contributed by atoms with E-state index in [1.807, 2.05) is 39.0 Å². The molecule has 0 radical (unpaired) electrons. The maximum Gasteiger partial charge on any atom is 0.265 e. The summed E-state index contributed by atoms with van der Waals surface area (Å²) in [6, 6.07) is 5.40. The summed E-state index contributed by atoms with van der Waals surface area (Å²) in [7, 11) is 0. The van der Waals surface area contributed by atoms with Crippen LogP contribution in [0.4, 0.5) is 11.4 Å². The topological polar surface area (TPSA) is 89.3 Å². The van der Waals surface area contributed by atoms with Crippen LogP contribution in [-0.4, -0.2) is 22.2 Å². The van der Waals surface area contributed by atoms with Gasteiger partial charge in [0.2, 0.25) is 5.89 Å². The van der Waals surface area contributed by atoms with Gasteiger partial charge >= 0.3 is 0 Å². The highest BCUT2D eigenvalue weighted by Crippen LogP contribution is 2.33. The standard InChI is InChI=1S/C16H20N4O3/c1-8(2)14-19-16(23-20-14)9(3)17-11-5-6-13-12(7-11)18-15(21)10(4)22-13/h5-10,17H,1-4H3,(H,18,21). The molecule has 0 spiro atoms. The van der Waals surface area contributed by atoms with Crippen LogP contribution < -0.4 is 15.4 Å². The Morgan fingerprint density at radius 3 is 2.78 bits per heavy atom. The zero-order valence-corrected chi connectivity index (χ0v) is 13.6. The highest BCUT2D eigenvalue weighted by Gasteiger charge is 2.24. The van der Waals surface area contributed by atoms with Crippen molar-refractivity contribution >= 4 is 17.3 Å². The number of ether oxygens (including phenoxy) is 1. The Kier molecular flexibility index (Phi) is 3.94. The molecule has 2 N–H and O–H groups in total. The number of carbonyl (C=O) groups is 1. The third-order valence-electron chi connectivity index (χ3n) is 3.64. The first kappa shape index (κ1) is 15.3. The molecule has 2 aromatic rings. The minimum Gasteiger partial charge on any atom is -0.479 e. The molecule has 0 bridgehead atoms. The molecular formula is C16H20N4O3. The molecule has 122 valence electrons. The van der Waals surface area contributed by atoms with Gasteiger partial charge < -0.3 is 19.9 Å². The van der Waals surface area contributed by atoms with Gasteiger partial charge in [0, 0.05) is 11.6 Å². The number of hydrogen-bond acceptors (Lipinski definition) is 6. The molecule has 7 nitrogen and oxygen atoms in total. The van der Waals surface area contributed by atoms with Crippen LogP contribution in [0.25, 0.3) is 0 Å². The Labute approximate surface area is 134 Å². The van der Waals surface area contributed by atoms with Crippen molar-refractivity contribution in [1.29, 1.82) is 0 Å². The van der Waals surface area contributed by atoms with Gasteiger partial charge in [-0.15, -0.1) is 0 Å². The molecule has 7 heteroatoms. The fourth-order valence-corrected chi connectivity index (χ4v) is 2.27. The Hall–Kier alpha value is -2.57. The van der Waals surface area contributed by atoms with Crippen LogP contribution in [0.1, 0.15) is 51.4 Å². The van der Waals surface area contributed by atoms with Gasteiger partial charge in [-0.3, -0.25) is 4.79 Å². The van der Waals surface area contributed by atoms with E-state index >= 15 is 0 Å². The molecule has 0 saturated heterocycles. The fraction of sp³-hybridized carbons (Fsp3) is 0.438. The number of anilines is 2. The van der Waals surface area contributed by atoms with Gasteiger partial charge in [-0.2, -0.15) is 4.98 Å². The number of benzene rings is 1. The minimum absolute atomic E-state index is 0.146. The van der Waals surface area contributed by atoms with Crippen LogP contribution in [0.5, 0.6) is 5.75 Å². The number of nitrogens with one attached hydrogen (secondary N) is 2. The lowest BCUT2D eigenvalue weighted by Crippen LogP contribution is -2.34. The molecular weight excluding hydrogens is 296 g/mol. The van der Waals surface area contributed by atoms with Crippen LogP contribution in [0.15, 0.2) is 22.7 Å². The summed E-state index contributed by atoms with van der Waals surface area (Å²) < 4.78 is 10.8. The van der Waals surface area contributed by atoms with Crippen LogP contribution in [-0.2, 0) is 4.79 Å². The Balaban J connectivity index is 1.75. The summed E-state index contributed by atoms with van der Waals surface area (Å²) in [4.78, 5) is 16.1. The molecule has 0 saturated carbocycles. The van der Waals surface area contributed by atoms with E-state index in [9.17, 15) is 4.79 Å². The zero-order chi connectivity index (χ0) is 16.6. The molecule has 3 rings (SSSR count). The number of aromatic nitrogens is 2. The molecule has 2 heterocycles. The van der Waals surface area contributed by atoms with Crippen molar-refractivity contribution < 1.29 is 14.1 Å². The summed E-state index contributed by atoms with van der Waals surface area (Å²) in [5, 5.41) is 10.1. The highest BCUT2D eigenvalue weighted by molar-refractivity contribution is 5.98. The summed E-state index contributed by atoms with van der Waals surface area (Å²) >= 11 is 0. The molecule has 2 unspecified atom stereocenters. The molecule has 1 aliphatic heterocycles. The van der Waals surface area contributed by atoms with E-state index in [4.69, 9.17) is 9.26 Å². The van der Waals surface area contributed by atoms with Gasteiger partial charge in [-0.25, -0.2) is 0 Å². The summed E-state index contributed by atoms with van der Waals surface area (Å²) in [6.45, 7) is 7.68. The van der Waals surface area contributed by atoms with E-state index in [0.29, 0.717) is 23.2 Å². The van der Waals surface area contributed by atoms with Crippen molar-refractivity contribution in [3.8, 4) is 5.75 Å². The first-order valence-corrected chi connectivity index (χ1v) is 7.65. The van der Waals surface area contributed by atoms with Gasteiger partial charge in [0.25, 0.3) is 5.91 Å². The largest absolute Gasteiger partial charge is 0.479 e. The molecule has 0 aliphatic carbocycles. The Bertz CT molecular complexity index is 726. The SMILES string of the molecule is CC1Oc2ccc(NC(C)c3nc(C(C)C)no3)cc2NC1=O. The third-order valence-corrected chi connectivity index (χ3v) is 3.64. The van der Waals surface area contributed by atoms with Crippen LogP contribution in [0.2, 0.25) is 0 Å². The molecule has 0 fully saturated rings. The van der Waals surface area contributed by atoms with E-state index in [1.165, 1.54) is 0 Å². The van der Waals surface area contributed by atoms with E-state index in [-0.39, 0.29) is 17.9 Å². The van der Waals surface area contributed by atoms with Gasteiger partial charge in [0.05, 0.1) is 5.69 Å². The molecule has 1 aliphatic rings. The Morgan fingerprint density at radius 1 is 1.30 bits per heavy atom. The number of amides is 1. The van der Waals surface area contributed by atoms with Crippen molar-refractivity contribution in [2.75, 3.05) is 10.6 Å². The smallest absolute Gasteiger partial charge is 0.265 e. The Morgan fingerprint density at radius 2 is 2.09 bits per heavy atom. The van der Waals surface area contributed by atoms with E-state index in [1.54, 1.807) is 6.92 Å². The lowest BCUT2D eigenvalue weighted by molar-refractivity contribution is -0.122. The van der Waals surface area contributed by atoms with Crippen molar-refractivity contribution in [3.63, 3.8) is 0 Å².